The smallest absolute Gasteiger partial charge is 0.276 e. The summed E-state index contributed by atoms with van der Waals surface area (Å²) in [5.41, 5.74) is 7.38. The number of aromatic nitrogens is 1. The van der Waals surface area contributed by atoms with Crippen LogP contribution in [-0.2, 0) is 28.8 Å². The lowest BCUT2D eigenvalue weighted by Crippen LogP contribution is -2.74. The minimum absolute atomic E-state index is 0.0887. The Morgan fingerprint density at radius 2 is 1.43 bits per heavy atom. The Labute approximate surface area is 307 Å². The van der Waals surface area contributed by atoms with Crippen molar-refractivity contribution >= 4 is 75.3 Å². The van der Waals surface area contributed by atoms with Gasteiger partial charge in [0, 0.05) is 53.7 Å². The largest absolute Gasteiger partial charge is 0.543 e. The molecule has 1 aromatic rings. The minimum atomic E-state index is -1.39. The Morgan fingerprint density at radius 1 is 0.922 bits per heavy atom. The van der Waals surface area contributed by atoms with E-state index in [1.165, 1.54) is 40.4 Å². The summed E-state index contributed by atoms with van der Waals surface area (Å²) in [5, 5.41) is 22.4. The molecular formula is C32H42N9O7S3+. The molecule has 16 nitrogen and oxygen atoms in total. The van der Waals surface area contributed by atoms with E-state index in [4.69, 9.17) is 10.6 Å². The summed E-state index contributed by atoms with van der Waals surface area (Å²) < 4.78 is 1.44. The molecule has 4 fully saturated rings. The molecule has 0 unspecified atom stereocenters. The van der Waals surface area contributed by atoms with Gasteiger partial charge < -0.3 is 40.1 Å². The summed E-state index contributed by atoms with van der Waals surface area (Å²) in [4.78, 5) is 79.1. The van der Waals surface area contributed by atoms with Crippen LogP contribution in [0.3, 0.4) is 0 Å². The zero-order valence-corrected chi connectivity index (χ0v) is 31.2. The fourth-order valence-electron chi connectivity index (χ4n) is 8.16. The monoisotopic (exact) mass is 760 g/mol. The lowest BCUT2D eigenvalue weighted by Gasteiger charge is -2.53. The molecule has 6 aliphatic heterocycles. The lowest BCUT2D eigenvalue weighted by molar-refractivity contribution is -0.893. The van der Waals surface area contributed by atoms with Crippen LogP contribution < -0.4 is 21.5 Å². The van der Waals surface area contributed by atoms with Gasteiger partial charge in [-0.1, -0.05) is 5.16 Å². The fraction of sp³-hybridized carbons (Fsp3) is 0.594. The van der Waals surface area contributed by atoms with E-state index in [2.05, 4.69) is 34.9 Å². The molecule has 7 heterocycles. The van der Waals surface area contributed by atoms with E-state index in [0.717, 1.165) is 77.7 Å². The van der Waals surface area contributed by atoms with Crippen molar-refractivity contribution in [2.75, 3.05) is 77.7 Å². The lowest BCUT2D eigenvalue weighted by atomic mass is 9.99. The molecular weight excluding hydrogens is 719 g/mol. The average molecular weight is 761 g/mol. The van der Waals surface area contributed by atoms with Crippen molar-refractivity contribution in [3.8, 4) is 0 Å². The number of thiazole rings is 1. The van der Waals surface area contributed by atoms with E-state index >= 15 is 0 Å². The number of nitrogens with one attached hydrogen (secondary N) is 2. The normalized spacial score (nSPS) is 28.2. The number of carbonyl (C=O) groups is 5. The first kappa shape index (κ1) is 35.7. The van der Waals surface area contributed by atoms with Crippen LogP contribution in [0.4, 0.5) is 5.13 Å². The number of nitrogens with zero attached hydrogens (tertiary/aromatic N) is 6. The summed E-state index contributed by atoms with van der Waals surface area (Å²) in [6, 6.07) is -1.93. The van der Waals surface area contributed by atoms with Crippen molar-refractivity contribution in [3.05, 3.63) is 33.6 Å². The number of likely N-dealkylation sites (N-methyl/N-ethyl adjacent to an activating group) is 2. The van der Waals surface area contributed by atoms with Gasteiger partial charge in [0.05, 0.1) is 51.9 Å². The minimum Gasteiger partial charge on any atom is -0.543 e. The third-order valence-corrected chi connectivity index (χ3v) is 14.0. The Kier molecular flexibility index (Phi) is 9.62. The summed E-state index contributed by atoms with van der Waals surface area (Å²) in [5.74, 6) is -2.78. The molecule has 6 aliphatic rings. The number of quaternary nitrogens is 2. The van der Waals surface area contributed by atoms with Crippen molar-refractivity contribution in [2.45, 2.75) is 48.5 Å². The molecule has 0 bridgehead atoms. The van der Waals surface area contributed by atoms with E-state index in [1.54, 1.807) is 5.38 Å². The van der Waals surface area contributed by atoms with Gasteiger partial charge in [-0.25, -0.2) is 4.98 Å². The molecule has 1 aromatic heterocycles. The molecule has 0 aliphatic carbocycles. The van der Waals surface area contributed by atoms with Crippen molar-refractivity contribution in [3.63, 3.8) is 0 Å². The summed E-state index contributed by atoms with van der Waals surface area (Å²) >= 11 is 4.01. The molecule has 4 amide bonds. The zero-order chi connectivity index (χ0) is 36.2. The Bertz CT molecular complexity index is 1760. The number of likely N-dealkylation sites (tertiary alicyclic amines) is 2. The fourth-order valence-corrected chi connectivity index (χ4v) is 11.4. The van der Waals surface area contributed by atoms with Gasteiger partial charge in [-0.05, 0) is 0 Å². The van der Waals surface area contributed by atoms with E-state index in [-0.39, 0.29) is 27.9 Å². The summed E-state index contributed by atoms with van der Waals surface area (Å²) in [6.45, 7) is 4.86. The number of carboxylic acids is 1. The molecule has 51 heavy (non-hydrogen) atoms. The number of rotatable bonds is 11. The molecule has 274 valence electrons. The summed E-state index contributed by atoms with van der Waals surface area (Å²) in [7, 11) is 5.53. The maximum atomic E-state index is 14.3. The number of oxime groups is 1. The highest BCUT2D eigenvalue weighted by molar-refractivity contribution is 8.00. The molecule has 0 spiro atoms. The first-order valence-electron chi connectivity index (χ1n) is 17.0. The van der Waals surface area contributed by atoms with Gasteiger partial charge in [-0.15, -0.1) is 34.9 Å². The third kappa shape index (κ3) is 6.51. The second-order valence-corrected chi connectivity index (χ2v) is 17.6. The predicted molar refractivity (Wildman–Crippen MR) is 189 cm³/mol. The number of aliphatic carboxylic acids is 1. The van der Waals surface area contributed by atoms with Crippen molar-refractivity contribution < 1.29 is 42.9 Å². The number of carboxylic acid groups (broad SMARTS) is 1. The number of carbonyl (C=O) groups excluding carboxylic acids is 5. The van der Waals surface area contributed by atoms with Crippen LogP contribution in [0.25, 0.3) is 0 Å². The highest BCUT2D eigenvalue weighted by atomic mass is 32.2. The van der Waals surface area contributed by atoms with Gasteiger partial charge in [-0.2, -0.15) is 0 Å². The second-order valence-electron chi connectivity index (χ2n) is 14.5. The molecule has 4 atom stereocenters. The highest BCUT2D eigenvalue weighted by Gasteiger charge is 2.57. The number of amides is 4. The van der Waals surface area contributed by atoms with Gasteiger partial charge in [-0.3, -0.25) is 29.0 Å². The molecule has 19 heteroatoms. The van der Waals surface area contributed by atoms with Crippen LogP contribution in [0.2, 0.25) is 0 Å². The number of hydrogen-bond acceptors (Lipinski definition) is 13. The van der Waals surface area contributed by atoms with Crippen LogP contribution >= 0.6 is 34.9 Å². The van der Waals surface area contributed by atoms with Crippen molar-refractivity contribution in [2.24, 2.45) is 5.16 Å². The van der Waals surface area contributed by atoms with Crippen LogP contribution in [0, 0.1) is 0 Å². The van der Waals surface area contributed by atoms with Crippen LogP contribution in [0.1, 0.15) is 31.4 Å². The topological polar surface area (TPSA) is 199 Å². The number of nitrogens with two attached hydrogens (primary N) is 1. The average Bonchev–Trinajstić information content (AvgIpc) is 3.85. The number of β-lactam (4-membered cyclic amide) rings is 2. The highest BCUT2D eigenvalue weighted by Crippen LogP contribution is 2.44. The SMILES string of the molecule is CO/N=C(/C(=O)N[C@@H]1C(=O)N2C(C(=O)N[C@@H]3C(=O)N4C(C(=O)[O-])=C(C[N+]5(C)CCCC5)CS[C@H]34)=C(C[N+]3(C)CCCC3)CS[C@H]12)c1csc(N)n1. The van der Waals surface area contributed by atoms with Gasteiger partial charge in [0.15, 0.2) is 10.8 Å². The van der Waals surface area contributed by atoms with Gasteiger partial charge in [0.25, 0.3) is 23.6 Å². The van der Waals surface area contributed by atoms with E-state index in [0.29, 0.717) is 30.2 Å². The second kappa shape index (κ2) is 13.7. The molecule has 7 rings (SSSR count). The van der Waals surface area contributed by atoms with Crippen LogP contribution in [0.15, 0.2) is 33.1 Å². The molecule has 0 aromatic carbocycles. The molecule has 0 radical (unpaired) electrons. The molecule has 4 saturated heterocycles. The van der Waals surface area contributed by atoms with Gasteiger partial charge in [0.2, 0.25) is 0 Å². The number of nitrogen functional groups attached to an aromatic ring is 1. The van der Waals surface area contributed by atoms with Crippen LogP contribution in [-0.4, -0.2) is 154 Å². The first-order chi connectivity index (χ1) is 24.3. The van der Waals surface area contributed by atoms with E-state index in [9.17, 15) is 29.1 Å². The van der Waals surface area contributed by atoms with Crippen molar-refractivity contribution in [1.82, 2.24) is 25.4 Å². The van der Waals surface area contributed by atoms with E-state index in [1.807, 2.05) is 0 Å². The number of anilines is 1. The Hall–Kier alpha value is -3.65. The number of thioether (sulfide) groups is 2. The Balaban J connectivity index is 1.11. The van der Waals surface area contributed by atoms with Crippen molar-refractivity contribution in [1.29, 1.82) is 0 Å². The third-order valence-electron chi connectivity index (χ3n) is 10.7. The number of fused-ring (bicyclic) bond motifs is 2. The molecule has 4 N–H and O–H groups in total. The standard InChI is InChI=1S/C32H41N9O7S3/c1-40(8-4-5-9-40)12-17-14-49-29-21(35-25(42)20(37-48-3)19-16-51-32(33)34-19)27(44)38(29)23(17)26(43)36-22-28(45)39-24(31(46)47)18(15-50-30(22)39)13-41(2)10-6-7-11-41/h16,21-22,29-30H,4-15H2,1-3H3,(H3-2,33,34,35,36,42,43,46,47)/p+1/b37-20+/t21-,22-,29-,30-/m1/s1. The van der Waals surface area contributed by atoms with Crippen LogP contribution in [0.5, 0.6) is 0 Å². The molecule has 0 saturated carbocycles. The maximum Gasteiger partial charge on any atom is 0.276 e. The summed E-state index contributed by atoms with van der Waals surface area (Å²) in [6.07, 6.45) is 4.27. The van der Waals surface area contributed by atoms with Gasteiger partial charge in [0.1, 0.15) is 54.4 Å². The van der Waals surface area contributed by atoms with Gasteiger partial charge >= 0.3 is 0 Å². The predicted octanol–water partition coefficient (Wildman–Crippen LogP) is -1.39. The quantitative estimate of drug-likeness (QED) is 0.104. The maximum absolute atomic E-state index is 14.3. The Morgan fingerprint density at radius 3 is 1.92 bits per heavy atom. The number of hydrogen-bond donors (Lipinski definition) is 3. The first-order valence-corrected chi connectivity index (χ1v) is 20.0. The van der Waals surface area contributed by atoms with E-state index < -0.39 is 52.4 Å². The zero-order valence-electron chi connectivity index (χ0n) is 28.7.